The van der Waals surface area contributed by atoms with Crippen LogP contribution < -0.4 is 10.4 Å². The number of benzene rings is 1. The molecule has 2 saturated carbocycles. The van der Waals surface area contributed by atoms with Crippen molar-refractivity contribution in [1.82, 2.24) is 5.43 Å². The maximum Gasteiger partial charge on any atom is 0.249 e. The van der Waals surface area contributed by atoms with Crippen molar-refractivity contribution >= 4 is 11.6 Å². The van der Waals surface area contributed by atoms with Gasteiger partial charge in [-0.15, -0.1) is 0 Å². The first-order valence-electron chi connectivity index (χ1n) is 7.23. The van der Waals surface area contributed by atoms with E-state index < -0.39 is 0 Å². The summed E-state index contributed by atoms with van der Waals surface area (Å²) in [5.41, 5.74) is 4.41. The standard InChI is InChI=1S/C16H20N2O/c1-15(2)11-8-9-16(15)13(10-11)17-18(14(16)19)12-6-4-3-5-7-12/h3-7,11,13,17H,8-10H2,1-2H3/t11-,13+,16+/m1/s1. The van der Waals surface area contributed by atoms with Gasteiger partial charge in [0.05, 0.1) is 11.1 Å². The Kier molecular flexibility index (Phi) is 2.05. The zero-order chi connectivity index (χ0) is 13.3. The number of nitrogens with zero attached hydrogens (tertiary/aromatic N) is 1. The number of carbonyl (C=O) groups excluding carboxylic acids is 1. The Morgan fingerprint density at radius 3 is 2.63 bits per heavy atom. The van der Waals surface area contributed by atoms with Gasteiger partial charge in [0.2, 0.25) is 5.91 Å². The number of amides is 1. The van der Waals surface area contributed by atoms with Crippen molar-refractivity contribution in [2.75, 3.05) is 5.01 Å². The lowest BCUT2D eigenvalue weighted by molar-refractivity contribution is -0.129. The van der Waals surface area contributed by atoms with E-state index in [1.807, 2.05) is 30.3 Å². The van der Waals surface area contributed by atoms with Gasteiger partial charge >= 0.3 is 0 Å². The molecule has 3 heteroatoms. The van der Waals surface area contributed by atoms with Crippen molar-refractivity contribution in [3.8, 4) is 0 Å². The summed E-state index contributed by atoms with van der Waals surface area (Å²) in [7, 11) is 0. The molecule has 1 saturated heterocycles. The summed E-state index contributed by atoms with van der Waals surface area (Å²) in [5.74, 6) is 0.987. The fraction of sp³-hybridized carbons (Fsp3) is 0.562. The molecule has 3 nitrogen and oxygen atoms in total. The highest BCUT2D eigenvalue weighted by atomic mass is 16.2. The third-order valence-electron chi connectivity index (χ3n) is 6.06. The van der Waals surface area contributed by atoms with E-state index in [-0.39, 0.29) is 16.7 Å². The molecular formula is C16H20N2O. The van der Waals surface area contributed by atoms with E-state index in [4.69, 9.17) is 0 Å². The second kappa shape index (κ2) is 3.40. The van der Waals surface area contributed by atoms with Crippen molar-refractivity contribution < 1.29 is 4.79 Å². The number of para-hydroxylation sites is 1. The van der Waals surface area contributed by atoms with Gasteiger partial charge in [0.25, 0.3) is 0 Å². The molecule has 2 bridgehead atoms. The third kappa shape index (κ3) is 1.15. The number of rotatable bonds is 1. The molecule has 0 radical (unpaired) electrons. The number of hydrazine groups is 1. The van der Waals surface area contributed by atoms with Crippen LogP contribution in [0, 0.1) is 16.7 Å². The topological polar surface area (TPSA) is 32.3 Å². The lowest BCUT2D eigenvalue weighted by Crippen LogP contribution is -2.43. The van der Waals surface area contributed by atoms with Crippen LogP contribution >= 0.6 is 0 Å². The average Bonchev–Trinajstić information content (AvgIpc) is 2.94. The predicted octanol–water partition coefficient (Wildman–Crippen LogP) is 2.73. The number of fused-ring (bicyclic) bond motifs is 1. The van der Waals surface area contributed by atoms with Gasteiger partial charge in [0.15, 0.2) is 0 Å². The van der Waals surface area contributed by atoms with Gasteiger partial charge < -0.3 is 0 Å². The van der Waals surface area contributed by atoms with Crippen LogP contribution in [0.15, 0.2) is 30.3 Å². The fourth-order valence-corrected chi connectivity index (χ4v) is 4.85. The van der Waals surface area contributed by atoms with Crippen LogP contribution in [0.5, 0.6) is 0 Å². The Morgan fingerprint density at radius 1 is 1.26 bits per heavy atom. The first-order chi connectivity index (χ1) is 9.07. The van der Waals surface area contributed by atoms with Gasteiger partial charge in [-0.3, -0.25) is 4.79 Å². The summed E-state index contributed by atoms with van der Waals surface area (Å²) in [6, 6.07) is 10.3. The molecule has 1 amide bonds. The first kappa shape index (κ1) is 11.5. The van der Waals surface area contributed by atoms with Gasteiger partial charge in [0, 0.05) is 6.04 Å². The highest BCUT2D eigenvalue weighted by Crippen LogP contribution is 2.68. The lowest BCUT2D eigenvalue weighted by atomic mass is 9.68. The summed E-state index contributed by atoms with van der Waals surface area (Å²) in [5, 5.41) is 1.80. The molecule has 1 heterocycles. The van der Waals surface area contributed by atoms with Crippen molar-refractivity contribution in [1.29, 1.82) is 0 Å². The predicted molar refractivity (Wildman–Crippen MR) is 74.4 cm³/mol. The average molecular weight is 256 g/mol. The fourth-order valence-electron chi connectivity index (χ4n) is 4.85. The molecule has 1 aromatic rings. The smallest absolute Gasteiger partial charge is 0.249 e. The quantitative estimate of drug-likeness (QED) is 0.838. The van der Waals surface area contributed by atoms with E-state index in [9.17, 15) is 4.79 Å². The Bertz CT molecular complexity index is 539. The summed E-state index contributed by atoms with van der Waals surface area (Å²) < 4.78 is 0. The maximum atomic E-state index is 13.0. The first-order valence-corrected chi connectivity index (χ1v) is 7.23. The highest BCUT2D eigenvalue weighted by molar-refractivity contribution is 6.01. The van der Waals surface area contributed by atoms with Crippen molar-refractivity contribution in [3.05, 3.63) is 30.3 Å². The molecule has 1 N–H and O–H groups in total. The molecule has 3 aliphatic rings. The summed E-state index contributed by atoms with van der Waals surface area (Å²) >= 11 is 0. The summed E-state index contributed by atoms with van der Waals surface area (Å²) in [6.07, 6.45) is 3.39. The van der Waals surface area contributed by atoms with Gasteiger partial charge in [-0.2, -0.15) is 0 Å². The summed E-state index contributed by atoms with van der Waals surface area (Å²) in [6.45, 7) is 4.58. The van der Waals surface area contributed by atoms with Gasteiger partial charge in [-0.1, -0.05) is 32.0 Å². The molecule has 2 aliphatic carbocycles. The zero-order valence-corrected chi connectivity index (χ0v) is 11.5. The van der Waals surface area contributed by atoms with Gasteiger partial charge in [-0.05, 0) is 42.7 Å². The Morgan fingerprint density at radius 2 is 2.00 bits per heavy atom. The Balaban J connectivity index is 1.78. The van der Waals surface area contributed by atoms with Crippen LogP contribution in [0.2, 0.25) is 0 Å². The van der Waals surface area contributed by atoms with Crippen LogP contribution in [-0.4, -0.2) is 11.9 Å². The Hall–Kier alpha value is -1.35. The molecule has 100 valence electrons. The van der Waals surface area contributed by atoms with E-state index in [1.54, 1.807) is 5.01 Å². The molecule has 4 rings (SSSR count). The van der Waals surface area contributed by atoms with Crippen LogP contribution in [0.1, 0.15) is 33.1 Å². The van der Waals surface area contributed by atoms with E-state index in [0.717, 1.165) is 18.5 Å². The third-order valence-corrected chi connectivity index (χ3v) is 6.06. The SMILES string of the molecule is CC1(C)[C@@H]2CC[C@]13C(=O)N(c1ccccc1)N[C@H]3C2. The minimum atomic E-state index is -0.173. The molecule has 3 fully saturated rings. The monoisotopic (exact) mass is 256 g/mol. The summed E-state index contributed by atoms with van der Waals surface area (Å²) in [4.78, 5) is 13.0. The lowest BCUT2D eigenvalue weighted by Gasteiger charge is -2.34. The number of anilines is 1. The number of carbonyl (C=O) groups is 1. The Labute approximate surface area is 114 Å². The molecule has 1 aliphatic heterocycles. The molecule has 19 heavy (non-hydrogen) atoms. The second-order valence-electron chi connectivity index (χ2n) is 6.82. The van der Waals surface area contributed by atoms with Gasteiger partial charge in [0.1, 0.15) is 0 Å². The normalized spacial score (nSPS) is 38.8. The van der Waals surface area contributed by atoms with E-state index in [2.05, 4.69) is 19.3 Å². The van der Waals surface area contributed by atoms with Crippen LogP contribution in [-0.2, 0) is 4.79 Å². The molecule has 1 spiro atoms. The maximum absolute atomic E-state index is 13.0. The van der Waals surface area contributed by atoms with Crippen LogP contribution in [0.3, 0.4) is 0 Å². The minimum absolute atomic E-state index is 0.130. The van der Waals surface area contributed by atoms with Crippen molar-refractivity contribution in [3.63, 3.8) is 0 Å². The van der Waals surface area contributed by atoms with Crippen molar-refractivity contribution in [2.45, 2.75) is 39.2 Å². The van der Waals surface area contributed by atoms with Crippen LogP contribution in [0.25, 0.3) is 0 Å². The van der Waals surface area contributed by atoms with Crippen LogP contribution in [0.4, 0.5) is 5.69 Å². The molecule has 0 aromatic heterocycles. The largest absolute Gasteiger partial charge is 0.272 e. The van der Waals surface area contributed by atoms with E-state index in [0.29, 0.717) is 12.0 Å². The second-order valence-corrected chi connectivity index (χ2v) is 6.82. The number of hydrogen-bond donors (Lipinski definition) is 1. The minimum Gasteiger partial charge on any atom is -0.272 e. The molecule has 1 aromatic carbocycles. The molecule has 3 atom stereocenters. The van der Waals surface area contributed by atoms with E-state index >= 15 is 0 Å². The zero-order valence-electron chi connectivity index (χ0n) is 11.5. The molecule has 0 unspecified atom stereocenters. The van der Waals surface area contributed by atoms with Crippen molar-refractivity contribution in [2.24, 2.45) is 16.7 Å². The highest BCUT2D eigenvalue weighted by Gasteiger charge is 2.71. The number of nitrogens with one attached hydrogen (secondary N) is 1. The number of hydrogen-bond acceptors (Lipinski definition) is 2. The van der Waals surface area contributed by atoms with Gasteiger partial charge in [-0.25, -0.2) is 10.4 Å². The van der Waals surface area contributed by atoms with E-state index in [1.165, 1.54) is 6.42 Å². The molecular weight excluding hydrogens is 236 g/mol.